The van der Waals surface area contributed by atoms with Gasteiger partial charge >= 0.3 is 0 Å². The number of anilines is 2. The van der Waals surface area contributed by atoms with Gasteiger partial charge in [-0.1, -0.05) is 12.1 Å². The number of piperidine rings is 1. The molecule has 0 radical (unpaired) electrons. The monoisotopic (exact) mass is 413 g/mol. The Bertz CT molecular complexity index is 925. The summed E-state index contributed by atoms with van der Waals surface area (Å²) < 4.78 is 27.4. The standard InChI is InChI=1S/C23H25F2N3O2/c24-17-3-1-15(2-4-17)11-16-5-8-28(9-6-16)10-7-22(30)18-12-20-21(13-19(18)25)27-23(14-29)26-20/h1-4,12-14,16,23,26-27H,5-11H2. The van der Waals surface area contributed by atoms with Gasteiger partial charge in [0.1, 0.15) is 11.6 Å². The van der Waals surface area contributed by atoms with Crippen molar-refractivity contribution in [2.75, 3.05) is 30.3 Å². The predicted molar refractivity (Wildman–Crippen MR) is 112 cm³/mol. The van der Waals surface area contributed by atoms with E-state index in [1.165, 1.54) is 24.3 Å². The van der Waals surface area contributed by atoms with Gasteiger partial charge in [-0.3, -0.25) is 9.59 Å². The van der Waals surface area contributed by atoms with E-state index in [9.17, 15) is 18.4 Å². The van der Waals surface area contributed by atoms with Gasteiger partial charge in [-0.05, 0) is 68.1 Å². The van der Waals surface area contributed by atoms with Crippen LogP contribution in [0, 0.1) is 17.6 Å². The summed E-state index contributed by atoms with van der Waals surface area (Å²) in [5, 5.41) is 5.75. The van der Waals surface area contributed by atoms with Crippen LogP contribution in [0.4, 0.5) is 20.2 Å². The van der Waals surface area contributed by atoms with Crippen molar-refractivity contribution in [3.05, 3.63) is 59.2 Å². The van der Waals surface area contributed by atoms with Gasteiger partial charge in [-0.2, -0.15) is 0 Å². The number of carbonyl (C=O) groups is 2. The molecule has 2 aliphatic rings. The molecule has 7 heteroatoms. The molecule has 0 bridgehead atoms. The van der Waals surface area contributed by atoms with Gasteiger partial charge in [-0.15, -0.1) is 0 Å². The molecule has 2 heterocycles. The Morgan fingerprint density at radius 1 is 1.07 bits per heavy atom. The lowest BCUT2D eigenvalue weighted by Crippen LogP contribution is -2.35. The van der Waals surface area contributed by atoms with Crippen LogP contribution in [0.25, 0.3) is 0 Å². The van der Waals surface area contributed by atoms with Gasteiger partial charge in [-0.25, -0.2) is 8.78 Å². The van der Waals surface area contributed by atoms with Crippen LogP contribution in [-0.2, 0) is 11.2 Å². The number of hydrogen-bond acceptors (Lipinski definition) is 5. The maximum atomic E-state index is 14.4. The van der Waals surface area contributed by atoms with Crippen molar-refractivity contribution in [1.82, 2.24) is 4.90 Å². The number of rotatable bonds is 7. The number of fused-ring (bicyclic) bond motifs is 1. The summed E-state index contributed by atoms with van der Waals surface area (Å²) in [6, 6.07) is 9.43. The van der Waals surface area contributed by atoms with Crippen molar-refractivity contribution in [3.8, 4) is 0 Å². The van der Waals surface area contributed by atoms with Crippen LogP contribution in [0.2, 0.25) is 0 Å². The molecule has 2 N–H and O–H groups in total. The fraction of sp³-hybridized carbons (Fsp3) is 0.391. The summed E-state index contributed by atoms with van der Waals surface area (Å²) in [4.78, 5) is 25.7. The molecule has 0 aliphatic carbocycles. The fourth-order valence-electron chi connectivity index (χ4n) is 4.23. The normalized spacial score (nSPS) is 19.1. The van der Waals surface area contributed by atoms with Gasteiger partial charge in [0.15, 0.2) is 18.2 Å². The molecule has 0 spiro atoms. The Kier molecular flexibility index (Phi) is 6.08. The maximum absolute atomic E-state index is 14.4. The second-order valence-corrected chi connectivity index (χ2v) is 8.07. The predicted octanol–water partition coefficient (Wildman–Crippen LogP) is 3.85. The van der Waals surface area contributed by atoms with Crippen molar-refractivity contribution < 1.29 is 18.4 Å². The molecule has 1 unspecified atom stereocenters. The number of ketones is 1. The molecule has 2 aromatic carbocycles. The fourth-order valence-corrected chi connectivity index (χ4v) is 4.23. The van der Waals surface area contributed by atoms with Crippen LogP contribution in [0.5, 0.6) is 0 Å². The second-order valence-electron chi connectivity index (χ2n) is 8.07. The van der Waals surface area contributed by atoms with E-state index in [2.05, 4.69) is 15.5 Å². The van der Waals surface area contributed by atoms with Crippen LogP contribution < -0.4 is 10.6 Å². The number of benzene rings is 2. The smallest absolute Gasteiger partial charge is 0.167 e. The highest BCUT2D eigenvalue weighted by Gasteiger charge is 2.24. The summed E-state index contributed by atoms with van der Waals surface area (Å²) >= 11 is 0. The Labute approximate surface area is 174 Å². The average molecular weight is 413 g/mol. The van der Waals surface area contributed by atoms with Crippen LogP contribution in [0.15, 0.2) is 36.4 Å². The van der Waals surface area contributed by atoms with E-state index >= 15 is 0 Å². The lowest BCUT2D eigenvalue weighted by Gasteiger charge is -2.31. The number of nitrogens with one attached hydrogen (secondary N) is 2. The number of carbonyl (C=O) groups excluding carboxylic acids is 2. The van der Waals surface area contributed by atoms with Crippen LogP contribution in [-0.4, -0.2) is 42.8 Å². The number of nitrogens with zero attached hydrogens (tertiary/aromatic N) is 1. The number of Topliss-reactive ketones (excluding diaryl/α,β-unsaturated/α-hetero) is 1. The summed E-state index contributed by atoms with van der Waals surface area (Å²) in [6.45, 7) is 2.40. The zero-order valence-electron chi connectivity index (χ0n) is 16.7. The molecule has 4 rings (SSSR count). The van der Waals surface area contributed by atoms with E-state index < -0.39 is 12.0 Å². The minimum atomic E-state index is -0.596. The molecular weight excluding hydrogens is 388 g/mol. The Morgan fingerprint density at radius 3 is 2.40 bits per heavy atom. The third-order valence-electron chi connectivity index (χ3n) is 5.97. The zero-order valence-corrected chi connectivity index (χ0v) is 16.7. The summed E-state index contributed by atoms with van der Waals surface area (Å²) in [5.41, 5.74) is 2.26. The van der Waals surface area contributed by atoms with Gasteiger partial charge in [0.2, 0.25) is 0 Å². The van der Waals surface area contributed by atoms with Crippen LogP contribution in [0.3, 0.4) is 0 Å². The molecule has 30 heavy (non-hydrogen) atoms. The van der Waals surface area contributed by atoms with Crippen LogP contribution in [0.1, 0.15) is 35.2 Å². The third-order valence-corrected chi connectivity index (χ3v) is 5.97. The van der Waals surface area contributed by atoms with Crippen molar-refractivity contribution in [1.29, 1.82) is 0 Å². The Balaban J connectivity index is 1.26. The number of likely N-dealkylation sites (tertiary alicyclic amines) is 1. The highest BCUT2D eigenvalue weighted by Crippen LogP contribution is 2.31. The van der Waals surface area contributed by atoms with E-state index in [1.54, 1.807) is 0 Å². The largest absolute Gasteiger partial charge is 0.358 e. The average Bonchev–Trinajstić information content (AvgIpc) is 3.16. The molecule has 0 amide bonds. The quantitative estimate of drug-likeness (QED) is 0.533. The van der Waals surface area contributed by atoms with Gasteiger partial charge in [0.25, 0.3) is 0 Å². The first kappa shape index (κ1) is 20.5. The first-order valence-corrected chi connectivity index (χ1v) is 10.3. The maximum Gasteiger partial charge on any atom is 0.167 e. The van der Waals surface area contributed by atoms with Crippen molar-refractivity contribution in [3.63, 3.8) is 0 Å². The van der Waals surface area contributed by atoms with Gasteiger partial charge in [0.05, 0.1) is 16.9 Å². The lowest BCUT2D eigenvalue weighted by atomic mass is 9.90. The minimum Gasteiger partial charge on any atom is -0.358 e. The summed E-state index contributed by atoms with van der Waals surface area (Å²) in [5.74, 6) is -0.466. The molecule has 5 nitrogen and oxygen atoms in total. The summed E-state index contributed by atoms with van der Waals surface area (Å²) in [6.07, 6.45) is 3.35. The van der Waals surface area contributed by atoms with Gasteiger partial charge in [0, 0.05) is 13.0 Å². The second kappa shape index (κ2) is 8.92. The highest BCUT2D eigenvalue weighted by molar-refractivity contribution is 5.99. The number of hydrogen-bond donors (Lipinski definition) is 2. The molecule has 158 valence electrons. The SMILES string of the molecule is O=CC1Nc2cc(F)c(C(=O)CCN3CCC(Cc4ccc(F)cc4)CC3)cc2N1. The van der Waals surface area contributed by atoms with E-state index in [-0.39, 0.29) is 23.6 Å². The number of aldehydes is 1. The minimum absolute atomic E-state index is 0.0563. The molecule has 2 aromatic rings. The van der Waals surface area contributed by atoms with E-state index in [0.29, 0.717) is 30.1 Å². The van der Waals surface area contributed by atoms with E-state index in [4.69, 9.17) is 0 Å². The molecule has 1 fully saturated rings. The molecule has 2 aliphatic heterocycles. The van der Waals surface area contributed by atoms with Crippen LogP contribution >= 0.6 is 0 Å². The first-order chi connectivity index (χ1) is 14.5. The first-order valence-electron chi connectivity index (χ1n) is 10.3. The lowest BCUT2D eigenvalue weighted by molar-refractivity contribution is -0.107. The number of halogens is 2. The van der Waals surface area contributed by atoms with E-state index in [0.717, 1.165) is 37.9 Å². The van der Waals surface area contributed by atoms with E-state index in [1.807, 2.05) is 12.1 Å². The molecule has 1 saturated heterocycles. The summed E-state index contributed by atoms with van der Waals surface area (Å²) in [7, 11) is 0. The third kappa shape index (κ3) is 4.67. The Morgan fingerprint density at radius 2 is 1.73 bits per heavy atom. The molecular formula is C23H25F2N3O2. The zero-order chi connectivity index (χ0) is 21.1. The highest BCUT2D eigenvalue weighted by atomic mass is 19.1. The van der Waals surface area contributed by atoms with Gasteiger partial charge < -0.3 is 15.5 Å². The van der Waals surface area contributed by atoms with Crippen molar-refractivity contribution in [2.24, 2.45) is 5.92 Å². The molecule has 1 atom stereocenters. The topological polar surface area (TPSA) is 61.4 Å². The van der Waals surface area contributed by atoms with Crippen molar-refractivity contribution >= 4 is 23.4 Å². The Hall–Kier alpha value is -2.80. The van der Waals surface area contributed by atoms with Crippen molar-refractivity contribution in [2.45, 2.75) is 31.8 Å². The molecule has 0 saturated carbocycles. The molecule has 0 aromatic heterocycles.